The summed E-state index contributed by atoms with van der Waals surface area (Å²) in [5.74, 6) is 1.01. The standard InChI is InChI=1S/C20H26N4O/c1-23(20-6-10-21-15-22-20)17-7-11-24(12-8-17)14-19-18-5-3-2-4-16(18)9-13-25-19/h2-6,10,15,17,19H,7-9,11-14H2,1H3. The lowest BCUT2D eigenvalue weighted by molar-refractivity contribution is 0.0110. The molecule has 3 heterocycles. The number of fused-ring (bicyclic) bond motifs is 1. The van der Waals surface area contributed by atoms with Gasteiger partial charge in [-0.1, -0.05) is 24.3 Å². The molecule has 0 bridgehead atoms. The Morgan fingerprint density at radius 2 is 2.04 bits per heavy atom. The fourth-order valence-corrected chi connectivity index (χ4v) is 4.03. The molecule has 5 nitrogen and oxygen atoms in total. The summed E-state index contributed by atoms with van der Waals surface area (Å²) in [5, 5.41) is 0. The van der Waals surface area contributed by atoms with Crippen LogP contribution in [-0.2, 0) is 11.2 Å². The molecule has 0 N–H and O–H groups in total. The van der Waals surface area contributed by atoms with Crippen LogP contribution in [-0.4, -0.2) is 54.2 Å². The molecule has 1 aromatic carbocycles. The predicted molar refractivity (Wildman–Crippen MR) is 98.7 cm³/mol. The molecule has 1 atom stereocenters. The fourth-order valence-electron chi connectivity index (χ4n) is 4.03. The lowest BCUT2D eigenvalue weighted by atomic mass is 9.96. The largest absolute Gasteiger partial charge is 0.372 e. The van der Waals surface area contributed by atoms with Gasteiger partial charge in [-0.25, -0.2) is 9.97 Å². The number of anilines is 1. The minimum atomic E-state index is 0.223. The molecule has 0 radical (unpaired) electrons. The van der Waals surface area contributed by atoms with Gasteiger partial charge in [-0.05, 0) is 36.5 Å². The number of benzene rings is 1. The zero-order chi connectivity index (χ0) is 17.1. The number of piperidine rings is 1. The summed E-state index contributed by atoms with van der Waals surface area (Å²) in [6.45, 7) is 4.07. The lowest BCUT2D eigenvalue weighted by Gasteiger charge is -2.39. The van der Waals surface area contributed by atoms with Crippen LogP contribution in [0.1, 0.15) is 30.1 Å². The molecular formula is C20H26N4O. The first-order valence-corrected chi connectivity index (χ1v) is 9.22. The maximum absolute atomic E-state index is 6.08. The molecule has 0 aliphatic carbocycles. The average Bonchev–Trinajstić information content (AvgIpc) is 2.69. The Bertz CT molecular complexity index is 685. The normalized spacial score (nSPS) is 21.7. The van der Waals surface area contributed by atoms with E-state index in [9.17, 15) is 0 Å². The van der Waals surface area contributed by atoms with Crippen molar-refractivity contribution in [3.63, 3.8) is 0 Å². The Morgan fingerprint density at radius 3 is 2.84 bits per heavy atom. The van der Waals surface area contributed by atoms with Gasteiger partial charge in [-0.2, -0.15) is 0 Å². The fraction of sp³-hybridized carbons (Fsp3) is 0.500. The highest BCUT2D eigenvalue weighted by Crippen LogP contribution is 2.29. The van der Waals surface area contributed by atoms with Gasteiger partial charge in [0, 0.05) is 38.9 Å². The second kappa shape index (κ2) is 7.50. The molecule has 2 aliphatic rings. The molecule has 25 heavy (non-hydrogen) atoms. The first-order valence-electron chi connectivity index (χ1n) is 9.22. The number of ether oxygens (including phenoxy) is 1. The second-order valence-corrected chi connectivity index (χ2v) is 7.02. The molecule has 1 unspecified atom stereocenters. The van der Waals surface area contributed by atoms with Gasteiger partial charge in [0.1, 0.15) is 12.1 Å². The van der Waals surface area contributed by atoms with Crippen LogP contribution in [0.3, 0.4) is 0 Å². The van der Waals surface area contributed by atoms with E-state index in [0.29, 0.717) is 6.04 Å². The van der Waals surface area contributed by atoms with Gasteiger partial charge in [0.2, 0.25) is 0 Å². The van der Waals surface area contributed by atoms with Crippen LogP contribution in [0.4, 0.5) is 5.82 Å². The zero-order valence-corrected chi connectivity index (χ0v) is 14.8. The first-order chi connectivity index (χ1) is 12.3. The first kappa shape index (κ1) is 16.5. The van der Waals surface area contributed by atoms with E-state index >= 15 is 0 Å². The van der Waals surface area contributed by atoms with Crippen molar-refractivity contribution in [1.82, 2.24) is 14.9 Å². The summed E-state index contributed by atoms with van der Waals surface area (Å²) in [7, 11) is 2.14. The molecule has 1 fully saturated rings. The van der Waals surface area contributed by atoms with Crippen LogP contribution < -0.4 is 4.90 Å². The Labute approximate surface area is 149 Å². The van der Waals surface area contributed by atoms with Crippen molar-refractivity contribution in [3.05, 3.63) is 54.0 Å². The van der Waals surface area contributed by atoms with Crippen molar-refractivity contribution >= 4 is 5.82 Å². The highest BCUT2D eigenvalue weighted by molar-refractivity contribution is 5.37. The molecule has 1 aromatic heterocycles. The minimum absolute atomic E-state index is 0.223. The van der Waals surface area contributed by atoms with Gasteiger partial charge in [-0.15, -0.1) is 0 Å². The van der Waals surface area contributed by atoms with E-state index in [0.717, 1.165) is 51.3 Å². The Hall–Kier alpha value is -1.98. The van der Waals surface area contributed by atoms with Crippen LogP contribution in [0.5, 0.6) is 0 Å². The molecule has 4 rings (SSSR count). The van der Waals surface area contributed by atoms with Crippen molar-refractivity contribution in [2.45, 2.75) is 31.4 Å². The van der Waals surface area contributed by atoms with Crippen molar-refractivity contribution < 1.29 is 4.74 Å². The summed E-state index contributed by atoms with van der Waals surface area (Å²) in [6.07, 6.45) is 7.02. The quantitative estimate of drug-likeness (QED) is 0.857. The molecule has 2 aromatic rings. The smallest absolute Gasteiger partial charge is 0.131 e. The monoisotopic (exact) mass is 338 g/mol. The van der Waals surface area contributed by atoms with E-state index in [1.807, 2.05) is 12.3 Å². The van der Waals surface area contributed by atoms with Gasteiger partial charge in [0.25, 0.3) is 0 Å². The third kappa shape index (κ3) is 3.67. The summed E-state index contributed by atoms with van der Waals surface area (Å²) >= 11 is 0. The summed E-state index contributed by atoms with van der Waals surface area (Å²) in [6, 6.07) is 11.3. The summed E-state index contributed by atoms with van der Waals surface area (Å²) in [4.78, 5) is 13.2. The van der Waals surface area contributed by atoms with Crippen molar-refractivity contribution in [2.24, 2.45) is 0 Å². The SMILES string of the molecule is CN(c1ccncn1)C1CCN(CC2OCCc3ccccc32)CC1. The van der Waals surface area contributed by atoms with Crippen LogP contribution in [0.2, 0.25) is 0 Å². The van der Waals surface area contributed by atoms with Gasteiger partial charge in [-0.3, -0.25) is 0 Å². The maximum atomic E-state index is 6.08. The maximum Gasteiger partial charge on any atom is 0.131 e. The molecule has 1 saturated heterocycles. The van der Waals surface area contributed by atoms with Crippen molar-refractivity contribution in [1.29, 1.82) is 0 Å². The number of aromatic nitrogens is 2. The summed E-state index contributed by atoms with van der Waals surface area (Å²) < 4.78 is 6.08. The van der Waals surface area contributed by atoms with E-state index in [1.165, 1.54) is 11.1 Å². The average molecular weight is 338 g/mol. The number of hydrogen-bond donors (Lipinski definition) is 0. The van der Waals surface area contributed by atoms with E-state index < -0.39 is 0 Å². The van der Waals surface area contributed by atoms with Crippen LogP contribution in [0, 0.1) is 0 Å². The number of rotatable bonds is 4. The molecule has 0 spiro atoms. The predicted octanol–water partition coefficient (Wildman–Crippen LogP) is 2.69. The second-order valence-electron chi connectivity index (χ2n) is 7.02. The molecule has 2 aliphatic heterocycles. The Balaban J connectivity index is 1.34. The molecular weight excluding hydrogens is 312 g/mol. The minimum Gasteiger partial charge on any atom is -0.372 e. The van der Waals surface area contributed by atoms with Gasteiger partial charge < -0.3 is 14.5 Å². The highest BCUT2D eigenvalue weighted by Gasteiger charge is 2.27. The Morgan fingerprint density at radius 1 is 1.20 bits per heavy atom. The topological polar surface area (TPSA) is 41.5 Å². The molecule has 132 valence electrons. The van der Waals surface area contributed by atoms with Crippen LogP contribution in [0.25, 0.3) is 0 Å². The van der Waals surface area contributed by atoms with E-state index in [4.69, 9.17) is 4.74 Å². The van der Waals surface area contributed by atoms with Gasteiger partial charge >= 0.3 is 0 Å². The summed E-state index contributed by atoms with van der Waals surface area (Å²) in [5.41, 5.74) is 2.84. The number of hydrogen-bond acceptors (Lipinski definition) is 5. The molecule has 0 saturated carbocycles. The Kier molecular flexibility index (Phi) is 4.95. The third-order valence-electron chi connectivity index (χ3n) is 5.55. The van der Waals surface area contributed by atoms with Crippen LogP contribution in [0.15, 0.2) is 42.9 Å². The van der Waals surface area contributed by atoms with Crippen molar-refractivity contribution in [2.75, 3.05) is 38.2 Å². The molecule has 0 amide bonds. The number of likely N-dealkylation sites (tertiary alicyclic amines) is 1. The molecule has 5 heteroatoms. The lowest BCUT2D eigenvalue weighted by Crippen LogP contribution is -2.45. The zero-order valence-electron chi connectivity index (χ0n) is 14.8. The van der Waals surface area contributed by atoms with Crippen LogP contribution >= 0.6 is 0 Å². The highest BCUT2D eigenvalue weighted by atomic mass is 16.5. The van der Waals surface area contributed by atoms with Gasteiger partial charge in [0.15, 0.2) is 0 Å². The van der Waals surface area contributed by atoms with E-state index in [2.05, 4.69) is 51.1 Å². The van der Waals surface area contributed by atoms with E-state index in [1.54, 1.807) is 6.33 Å². The van der Waals surface area contributed by atoms with Crippen molar-refractivity contribution in [3.8, 4) is 0 Å². The van der Waals surface area contributed by atoms with Gasteiger partial charge in [0.05, 0.1) is 12.7 Å². The van der Waals surface area contributed by atoms with E-state index in [-0.39, 0.29) is 6.10 Å². The third-order valence-corrected chi connectivity index (χ3v) is 5.55. The number of nitrogens with zero attached hydrogens (tertiary/aromatic N) is 4.